The molecule has 2 rings (SSSR count). The molecule has 0 aromatic heterocycles. The first-order valence-corrected chi connectivity index (χ1v) is 6.58. The van der Waals surface area contributed by atoms with E-state index in [2.05, 4.69) is 5.32 Å². The minimum Gasteiger partial charge on any atom is -0.316 e. The van der Waals surface area contributed by atoms with Crippen LogP contribution in [0.4, 0.5) is 17.6 Å². The molecule has 0 atom stereocenters. The molecule has 0 saturated heterocycles. The van der Waals surface area contributed by atoms with Gasteiger partial charge in [0.25, 0.3) is 0 Å². The summed E-state index contributed by atoms with van der Waals surface area (Å²) in [4.78, 5) is -0.515. The van der Waals surface area contributed by atoms with Crippen molar-refractivity contribution in [3.63, 3.8) is 0 Å². The molecule has 0 radical (unpaired) electrons. The van der Waals surface area contributed by atoms with E-state index >= 15 is 0 Å². The van der Waals surface area contributed by atoms with Gasteiger partial charge in [0, 0.05) is 6.54 Å². The molecular weight excluding hydrogens is 290 g/mol. The lowest BCUT2D eigenvalue weighted by molar-refractivity contribution is 0.534. The Hall–Kier alpha value is -1.53. The molecule has 0 unspecified atom stereocenters. The van der Waals surface area contributed by atoms with Crippen LogP contribution in [0.1, 0.15) is 5.56 Å². The van der Waals surface area contributed by atoms with E-state index in [0.717, 1.165) is 18.2 Å². The molecule has 0 bridgehead atoms. The van der Waals surface area contributed by atoms with Gasteiger partial charge in [-0.05, 0) is 42.9 Å². The van der Waals surface area contributed by atoms with Gasteiger partial charge in [0.2, 0.25) is 0 Å². The van der Waals surface area contributed by atoms with Crippen molar-refractivity contribution in [1.29, 1.82) is 0 Å². The van der Waals surface area contributed by atoms with E-state index in [-0.39, 0.29) is 9.79 Å². The fourth-order valence-corrected chi connectivity index (χ4v) is 2.55. The second-order valence-electron chi connectivity index (χ2n) is 4.10. The van der Waals surface area contributed by atoms with Crippen LogP contribution in [0, 0.1) is 23.3 Å². The van der Waals surface area contributed by atoms with Gasteiger partial charge in [0.1, 0.15) is 23.3 Å². The predicted molar refractivity (Wildman–Crippen MR) is 69.6 cm³/mol. The predicted octanol–water partition coefficient (Wildman–Crippen LogP) is 4.11. The summed E-state index contributed by atoms with van der Waals surface area (Å²) < 4.78 is 54.2. The van der Waals surface area contributed by atoms with Crippen molar-refractivity contribution in [3.05, 3.63) is 59.2 Å². The summed E-state index contributed by atoms with van der Waals surface area (Å²) in [5, 5.41) is 2.77. The van der Waals surface area contributed by atoms with Gasteiger partial charge in [-0.15, -0.1) is 0 Å². The molecular formula is C14H11F4NS. The van der Waals surface area contributed by atoms with Crippen LogP contribution in [0.5, 0.6) is 0 Å². The Morgan fingerprint density at radius 1 is 0.950 bits per heavy atom. The maximum Gasteiger partial charge on any atom is 0.140 e. The highest BCUT2D eigenvalue weighted by atomic mass is 32.2. The Kier molecular flexibility index (Phi) is 4.67. The molecule has 2 aromatic rings. The number of nitrogens with one attached hydrogen (secondary N) is 1. The third-order valence-corrected chi connectivity index (χ3v) is 3.67. The second kappa shape index (κ2) is 6.28. The van der Waals surface area contributed by atoms with E-state index in [1.807, 2.05) is 0 Å². The summed E-state index contributed by atoms with van der Waals surface area (Å²) in [6.45, 7) is 0.313. The van der Waals surface area contributed by atoms with Crippen LogP contribution in [0.15, 0.2) is 40.1 Å². The Morgan fingerprint density at radius 2 is 1.60 bits per heavy atom. The molecule has 0 spiro atoms. The summed E-state index contributed by atoms with van der Waals surface area (Å²) in [7, 11) is 1.65. The molecule has 20 heavy (non-hydrogen) atoms. The van der Waals surface area contributed by atoms with E-state index < -0.39 is 23.3 Å². The van der Waals surface area contributed by atoms with Crippen LogP contribution < -0.4 is 5.32 Å². The molecule has 6 heteroatoms. The Bertz CT molecular complexity index is 608. The third-order valence-electron chi connectivity index (χ3n) is 2.54. The van der Waals surface area contributed by atoms with Crippen molar-refractivity contribution in [1.82, 2.24) is 5.32 Å². The lowest BCUT2D eigenvalue weighted by Gasteiger charge is -2.08. The van der Waals surface area contributed by atoms with Crippen molar-refractivity contribution < 1.29 is 17.6 Å². The van der Waals surface area contributed by atoms with Gasteiger partial charge in [-0.3, -0.25) is 0 Å². The van der Waals surface area contributed by atoms with E-state index in [4.69, 9.17) is 0 Å². The molecule has 0 aliphatic carbocycles. The second-order valence-corrected chi connectivity index (χ2v) is 5.15. The quantitative estimate of drug-likeness (QED) is 0.853. The van der Waals surface area contributed by atoms with Crippen LogP contribution in [0.2, 0.25) is 0 Å². The topological polar surface area (TPSA) is 12.0 Å². The van der Waals surface area contributed by atoms with Gasteiger partial charge in [0.15, 0.2) is 0 Å². The van der Waals surface area contributed by atoms with Crippen molar-refractivity contribution in [2.45, 2.75) is 16.3 Å². The van der Waals surface area contributed by atoms with Crippen LogP contribution in [0.25, 0.3) is 0 Å². The Labute approximate surface area is 118 Å². The van der Waals surface area contributed by atoms with Gasteiger partial charge in [-0.25, -0.2) is 17.6 Å². The van der Waals surface area contributed by atoms with Gasteiger partial charge in [-0.2, -0.15) is 0 Å². The molecule has 0 fully saturated rings. The molecule has 0 amide bonds. The summed E-state index contributed by atoms with van der Waals surface area (Å²) >= 11 is 0.523. The fourth-order valence-electron chi connectivity index (χ4n) is 1.68. The van der Waals surface area contributed by atoms with Crippen LogP contribution >= 0.6 is 11.8 Å². The first-order chi connectivity index (χ1) is 9.51. The molecule has 1 N–H and O–H groups in total. The normalized spacial score (nSPS) is 10.8. The summed E-state index contributed by atoms with van der Waals surface area (Å²) in [6, 6.07) is 5.10. The van der Waals surface area contributed by atoms with Gasteiger partial charge >= 0.3 is 0 Å². The number of hydrogen-bond acceptors (Lipinski definition) is 2. The minimum atomic E-state index is -0.802. The van der Waals surface area contributed by atoms with Crippen molar-refractivity contribution in [3.8, 4) is 0 Å². The molecule has 0 heterocycles. The molecule has 0 aliphatic rings. The van der Waals surface area contributed by atoms with E-state index in [9.17, 15) is 17.6 Å². The maximum atomic E-state index is 13.8. The van der Waals surface area contributed by atoms with Crippen LogP contribution in [0.3, 0.4) is 0 Å². The SMILES string of the molecule is CNCc1cc(F)c(Sc2cc(F)ccc2F)c(F)c1. The lowest BCUT2D eigenvalue weighted by atomic mass is 10.2. The molecule has 2 aromatic carbocycles. The fraction of sp³-hybridized carbons (Fsp3) is 0.143. The number of halogens is 4. The first-order valence-electron chi connectivity index (χ1n) is 5.76. The van der Waals surface area contributed by atoms with E-state index in [1.54, 1.807) is 7.05 Å². The van der Waals surface area contributed by atoms with E-state index in [1.165, 1.54) is 12.1 Å². The zero-order valence-corrected chi connectivity index (χ0v) is 11.3. The standard InChI is InChI=1S/C14H11F4NS/c1-19-7-8-4-11(17)14(12(18)5-8)20-13-6-9(15)2-3-10(13)16/h2-6,19H,7H2,1H3. The number of hydrogen-bond donors (Lipinski definition) is 1. The zero-order chi connectivity index (χ0) is 14.7. The smallest absolute Gasteiger partial charge is 0.140 e. The van der Waals surface area contributed by atoms with Crippen molar-refractivity contribution in [2.24, 2.45) is 0 Å². The Morgan fingerprint density at radius 3 is 2.20 bits per heavy atom. The molecule has 0 saturated carbocycles. The molecule has 1 nitrogen and oxygen atoms in total. The molecule has 106 valence electrons. The summed E-state index contributed by atoms with van der Waals surface area (Å²) in [6.07, 6.45) is 0. The van der Waals surface area contributed by atoms with Crippen LogP contribution in [-0.4, -0.2) is 7.05 Å². The van der Waals surface area contributed by atoms with E-state index in [0.29, 0.717) is 23.9 Å². The van der Waals surface area contributed by atoms with Gasteiger partial charge in [-0.1, -0.05) is 11.8 Å². The molecule has 0 aliphatic heterocycles. The van der Waals surface area contributed by atoms with Crippen LogP contribution in [-0.2, 0) is 6.54 Å². The highest BCUT2D eigenvalue weighted by molar-refractivity contribution is 7.99. The largest absolute Gasteiger partial charge is 0.316 e. The third kappa shape index (κ3) is 3.32. The number of rotatable bonds is 4. The summed E-state index contributed by atoms with van der Waals surface area (Å²) in [5.41, 5.74) is 0.437. The highest BCUT2D eigenvalue weighted by Gasteiger charge is 2.15. The highest BCUT2D eigenvalue weighted by Crippen LogP contribution is 2.34. The van der Waals surface area contributed by atoms with Gasteiger partial charge < -0.3 is 5.32 Å². The monoisotopic (exact) mass is 301 g/mol. The minimum absolute atomic E-state index is 0.163. The Balaban J connectivity index is 2.36. The number of benzene rings is 2. The van der Waals surface area contributed by atoms with Crippen molar-refractivity contribution >= 4 is 11.8 Å². The lowest BCUT2D eigenvalue weighted by Crippen LogP contribution is -2.06. The average molecular weight is 301 g/mol. The zero-order valence-electron chi connectivity index (χ0n) is 10.5. The summed E-state index contributed by atoms with van der Waals surface area (Å²) in [5.74, 6) is -3.00. The van der Waals surface area contributed by atoms with Crippen molar-refractivity contribution in [2.75, 3.05) is 7.05 Å². The van der Waals surface area contributed by atoms with Gasteiger partial charge in [0.05, 0.1) is 9.79 Å². The maximum absolute atomic E-state index is 13.8. The average Bonchev–Trinajstić information content (AvgIpc) is 2.38. The first kappa shape index (κ1) is 14.9.